The zero-order chi connectivity index (χ0) is 16.9. The van der Waals surface area contributed by atoms with E-state index in [-0.39, 0.29) is 0 Å². The Hall–Kier alpha value is -1.79. The predicted molar refractivity (Wildman–Crippen MR) is 96.2 cm³/mol. The van der Waals surface area contributed by atoms with Gasteiger partial charge in [-0.15, -0.1) is 0 Å². The van der Waals surface area contributed by atoms with E-state index in [1.165, 1.54) is 32.0 Å². The molecule has 0 unspecified atom stereocenters. The maximum atomic E-state index is 10.4. The highest BCUT2D eigenvalue weighted by molar-refractivity contribution is 5.89. The molecule has 24 heavy (non-hydrogen) atoms. The van der Waals surface area contributed by atoms with Crippen LogP contribution in [0.4, 0.5) is 5.82 Å². The third kappa shape index (κ3) is 4.19. The van der Waals surface area contributed by atoms with E-state index < -0.39 is 6.10 Å². The van der Waals surface area contributed by atoms with Crippen LogP contribution in [0.5, 0.6) is 0 Å². The number of hydrogen-bond acceptors (Lipinski definition) is 6. The molecule has 130 valence electrons. The van der Waals surface area contributed by atoms with Gasteiger partial charge < -0.3 is 15.3 Å². The van der Waals surface area contributed by atoms with Gasteiger partial charge in [0.1, 0.15) is 12.1 Å². The Morgan fingerprint density at radius 1 is 1.17 bits per heavy atom. The Morgan fingerprint density at radius 3 is 2.67 bits per heavy atom. The summed E-state index contributed by atoms with van der Waals surface area (Å²) in [6.45, 7) is 7.39. The van der Waals surface area contributed by atoms with Gasteiger partial charge in [0.05, 0.1) is 11.5 Å². The Kier molecular flexibility index (Phi) is 5.58. The Balaban J connectivity index is 1.64. The summed E-state index contributed by atoms with van der Waals surface area (Å²) in [5, 5.41) is 14.6. The first-order chi connectivity index (χ1) is 11.6. The number of hydrogen-bond donors (Lipinski definition) is 2. The molecule has 2 aromatic heterocycles. The number of nitrogens with one attached hydrogen (secondary N) is 1. The summed E-state index contributed by atoms with van der Waals surface area (Å²) in [5.41, 5.74) is 2.75. The van der Waals surface area contributed by atoms with Crippen LogP contribution in [0, 0.1) is 13.8 Å². The van der Waals surface area contributed by atoms with E-state index in [4.69, 9.17) is 0 Å². The molecule has 0 bridgehead atoms. The quantitative estimate of drug-likeness (QED) is 0.877. The van der Waals surface area contributed by atoms with Crippen LogP contribution < -0.4 is 5.32 Å². The number of likely N-dealkylation sites (tertiary alicyclic amines) is 1. The first-order valence-corrected chi connectivity index (χ1v) is 8.87. The minimum absolute atomic E-state index is 0.410. The van der Waals surface area contributed by atoms with Crippen LogP contribution in [0.2, 0.25) is 0 Å². The molecule has 0 aromatic carbocycles. The summed E-state index contributed by atoms with van der Waals surface area (Å²) in [4.78, 5) is 15.4. The van der Waals surface area contributed by atoms with E-state index in [9.17, 15) is 5.11 Å². The highest BCUT2D eigenvalue weighted by atomic mass is 16.3. The van der Waals surface area contributed by atoms with Crippen LogP contribution in [0.1, 0.15) is 36.9 Å². The molecule has 1 saturated heterocycles. The normalized spacial score (nSPS) is 17.6. The summed E-state index contributed by atoms with van der Waals surface area (Å²) in [6.07, 6.45) is 6.21. The molecule has 1 fully saturated rings. The van der Waals surface area contributed by atoms with Gasteiger partial charge in [0.25, 0.3) is 0 Å². The second-order valence-electron chi connectivity index (χ2n) is 6.75. The van der Waals surface area contributed by atoms with Crippen molar-refractivity contribution in [2.24, 2.45) is 0 Å². The third-order valence-electron chi connectivity index (χ3n) is 4.60. The minimum Gasteiger partial charge on any atom is -0.390 e. The minimum atomic E-state index is -0.410. The number of pyridine rings is 1. The van der Waals surface area contributed by atoms with Crippen molar-refractivity contribution in [2.45, 2.75) is 45.6 Å². The number of aliphatic hydroxyl groups is 1. The van der Waals surface area contributed by atoms with Crippen molar-refractivity contribution in [3.05, 3.63) is 23.7 Å². The monoisotopic (exact) mass is 329 g/mol. The van der Waals surface area contributed by atoms with Gasteiger partial charge in [0.15, 0.2) is 5.65 Å². The van der Waals surface area contributed by atoms with Crippen LogP contribution >= 0.6 is 0 Å². The summed E-state index contributed by atoms with van der Waals surface area (Å²) in [5.74, 6) is 0.750. The first-order valence-electron chi connectivity index (χ1n) is 8.87. The van der Waals surface area contributed by atoms with Crippen molar-refractivity contribution in [1.82, 2.24) is 19.9 Å². The molecule has 6 nitrogen and oxygen atoms in total. The summed E-state index contributed by atoms with van der Waals surface area (Å²) < 4.78 is 0. The van der Waals surface area contributed by atoms with Crippen LogP contribution in [-0.4, -0.2) is 57.2 Å². The van der Waals surface area contributed by atoms with Crippen LogP contribution in [0.3, 0.4) is 0 Å². The lowest BCUT2D eigenvalue weighted by molar-refractivity contribution is 0.124. The predicted octanol–water partition coefficient (Wildman–Crippen LogP) is 2.29. The molecule has 6 heteroatoms. The second kappa shape index (κ2) is 7.85. The maximum Gasteiger partial charge on any atom is 0.165 e. The molecule has 2 aromatic rings. The molecule has 3 rings (SSSR count). The van der Waals surface area contributed by atoms with Crippen molar-refractivity contribution in [1.29, 1.82) is 0 Å². The van der Waals surface area contributed by atoms with Gasteiger partial charge in [-0.3, -0.25) is 0 Å². The lowest BCUT2D eigenvalue weighted by Gasteiger charge is -2.23. The van der Waals surface area contributed by atoms with E-state index >= 15 is 0 Å². The van der Waals surface area contributed by atoms with Crippen molar-refractivity contribution >= 4 is 16.9 Å². The van der Waals surface area contributed by atoms with E-state index in [0.717, 1.165) is 35.6 Å². The SMILES string of the molecule is Cc1cc(C)c2c(NC[C@H](O)CN3CCCCCC3)ncnc2n1. The summed E-state index contributed by atoms with van der Waals surface area (Å²) >= 11 is 0. The van der Waals surface area contributed by atoms with Gasteiger partial charge in [-0.25, -0.2) is 15.0 Å². The number of β-amino-alcohol motifs (C(OH)–C–C–N with tert-alkyl or cyclic N) is 1. The van der Waals surface area contributed by atoms with Gasteiger partial charge in [-0.1, -0.05) is 12.8 Å². The number of aromatic nitrogens is 3. The summed E-state index contributed by atoms with van der Waals surface area (Å²) in [6, 6.07) is 2.03. The smallest absolute Gasteiger partial charge is 0.165 e. The molecular weight excluding hydrogens is 302 g/mol. The number of aryl methyl sites for hydroxylation is 2. The van der Waals surface area contributed by atoms with Crippen molar-refractivity contribution in [2.75, 3.05) is 31.5 Å². The fourth-order valence-corrected chi connectivity index (χ4v) is 3.44. The van der Waals surface area contributed by atoms with Crippen molar-refractivity contribution in [3.8, 4) is 0 Å². The van der Waals surface area contributed by atoms with Crippen molar-refractivity contribution in [3.63, 3.8) is 0 Å². The number of aliphatic hydroxyl groups excluding tert-OH is 1. The third-order valence-corrected chi connectivity index (χ3v) is 4.60. The molecule has 0 spiro atoms. The molecule has 1 atom stereocenters. The number of rotatable bonds is 5. The van der Waals surface area contributed by atoms with Gasteiger partial charge in [-0.05, 0) is 51.4 Å². The highest BCUT2D eigenvalue weighted by Crippen LogP contribution is 2.22. The van der Waals surface area contributed by atoms with Crippen LogP contribution in [-0.2, 0) is 0 Å². The zero-order valence-electron chi connectivity index (χ0n) is 14.6. The molecule has 0 saturated carbocycles. The maximum absolute atomic E-state index is 10.4. The van der Waals surface area contributed by atoms with Gasteiger partial charge >= 0.3 is 0 Å². The lowest BCUT2D eigenvalue weighted by atomic mass is 10.1. The Labute approximate surface area is 143 Å². The molecule has 2 N–H and O–H groups in total. The molecule has 1 aliphatic heterocycles. The fraction of sp³-hybridized carbons (Fsp3) is 0.611. The molecule has 0 amide bonds. The van der Waals surface area contributed by atoms with E-state index in [2.05, 4.69) is 25.2 Å². The zero-order valence-corrected chi connectivity index (χ0v) is 14.6. The fourth-order valence-electron chi connectivity index (χ4n) is 3.44. The number of fused-ring (bicyclic) bond motifs is 1. The van der Waals surface area contributed by atoms with Crippen LogP contribution in [0.15, 0.2) is 12.4 Å². The number of anilines is 1. The topological polar surface area (TPSA) is 74.2 Å². The first kappa shape index (κ1) is 17.0. The van der Waals surface area contributed by atoms with Gasteiger partial charge in [0.2, 0.25) is 0 Å². The molecule has 3 heterocycles. The molecule has 1 aliphatic rings. The standard InChI is InChI=1S/C18H27N5O/c1-13-9-14(2)22-18-16(13)17(20-12-21-18)19-10-15(24)11-23-7-5-3-4-6-8-23/h9,12,15,24H,3-8,10-11H2,1-2H3,(H,19,20,21,22)/t15-/m0/s1. The van der Waals surface area contributed by atoms with E-state index in [1.54, 1.807) is 0 Å². The van der Waals surface area contributed by atoms with Crippen LogP contribution in [0.25, 0.3) is 11.0 Å². The Bertz CT molecular complexity index is 682. The largest absolute Gasteiger partial charge is 0.390 e. The van der Waals surface area contributed by atoms with Gasteiger partial charge in [0, 0.05) is 18.8 Å². The molecule has 0 radical (unpaired) electrons. The van der Waals surface area contributed by atoms with E-state index in [0.29, 0.717) is 18.7 Å². The summed E-state index contributed by atoms with van der Waals surface area (Å²) in [7, 11) is 0. The Morgan fingerprint density at radius 2 is 1.92 bits per heavy atom. The van der Waals surface area contributed by atoms with Crippen molar-refractivity contribution < 1.29 is 5.11 Å². The number of nitrogens with zero attached hydrogens (tertiary/aromatic N) is 4. The highest BCUT2D eigenvalue weighted by Gasteiger charge is 2.15. The average Bonchev–Trinajstić information content (AvgIpc) is 2.81. The lowest BCUT2D eigenvalue weighted by Crippen LogP contribution is -2.36. The molecular formula is C18H27N5O. The van der Waals surface area contributed by atoms with Gasteiger partial charge in [-0.2, -0.15) is 0 Å². The molecule has 0 aliphatic carbocycles. The van der Waals surface area contributed by atoms with E-state index in [1.807, 2.05) is 19.9 Å². The average molecular weight is 329 g/mol. The second-order valence-corrected chi connectivity index (χ2v) is 6.75.